The summed E-state index contributed by atoms with van der Waals surface area (Å²) in [5, 5.41) is 6.69. The number of fused-ring (bicyclic) bond motifs is 1. The largest absolute Gasteiger partial charge is 0.323 e. The molecule has 1 heterocycles. The quantitative estimate of drug-likeness (QED) is 0.738. The van der Waals surface area contributed by atoms with Crippen molar-refractivity contribution in [2.24, 2.45) is 0 Å². The number of urea groups is 1. The Hall–Kier alpha value is -2.88. The molecule has 1 aromatic heterocycles. The molecular formula is C17H15N3O. The van der Waals surface area contributed by atoms with Gasteiger partial charge in [0.2, 0.25) is 0 Å². The number of aryl methyl sites for hydroxylation is 1. The lowest BCUT2D eigenvalue weighted by atomic mass is 10.2. The standard InChI is InChI=1S/C17H15N3O/c1-12-6-2-3-9-14(12)19-17(21)20-15-10-4-7-13-8-5-11-18-16(13)15/h2-11H,1H3,(H2,19,20,21). The average Bonchev–Trinajstić information content (AvgIpc) is 2.50. The average molecular weight is 277 g/mol. The number of carbonyl (C=O) groups is 1. The molecule has 0 aliphatic heterocycles. The van der Waals surface area contributed by atoms with E-state index in [9.17, 15) is 4.79 Å². The van der Waals surface area contributed by atoms with E-state index < -0.39 is 0 Å². The van der Waals surface area contributed by atoms with Crippen LogP contribution in [-0.2, 0) is 0 Å². The van der Waals surface area contributed by atoms with Gasteiger partial charge in [-0.25, -0.2) is 4.79 Å². The molecule has 0 unspecified atom stereocenters. The van der Waals surface area contributed by atoms with E-state index in [0.717, 1.165) is 22.2 Å². The number of nitrogens with zero attached hydrogens (tertiary/aromatic N) is 1. The summed E-state index contributed by atoms with van der Waals surface area (Å²) in [5.74, 6) is 0. The molecule has 0 bridgehead atoms. The lowest BCUT2D eigenvalue weighted by molar-refractivity contribution is 0.262. The zero-order valence-electron chi connectivity index (χ0n) is 11.6. The highest BCUT2D eigenvalue weighted by Crippen LogP contribution is 2.21. The summed E-state index contributed by atoms with van der Waals surface area (Å²) in [6, 6.07) is 16.9. The van der Waals surface area contributed by atoms with Gasteiger partial charge in [0.25, 0.3) is 0 Å². The van der Waals surface area contributed by atoms with Crippen LogP contribution in [0.5, 0.6) is 0 Å². The van der Waals surface area contributed by atoms with Gasteiger partial charge in [-0.3, -0.25) is 4.98 Å². The number of nitrogens with one attached hydrogen (secondary N) is 2. The van der Waals surface area contributed by atoms with Gasteiger partial charge in [-0.2, -0.15) is 0 Å². The number of pyridine rings is 1. The Morgan fingerprint density at radius 2 is 1.62 bits per heavy atom. The van der Waals surface area contributed by atoms with Gasteiger partial charge >= 0.3 is 6.03 Å². The molecule has 21 heavy (non-hydrogen) atoms. The maximum Gasteiger partial charge on any atom is 0.323 e. The maximum atomic E-state index is 12.1. The van der Waals surface area contributed by atoms with Gasteiger partial charge in [0.1, 0.15) is 0 Å². The maximum absolute atomic E-state index is 12.1. The molecule has 4 heteroatoms. The molecule has 0 aliphatic rings. The summed E-state index contributed by atoms with van der Waals surface area (Å²) >= 11 is 0. The highest BCUT2D eigenvalue weighted by Gasteiger charge is 2.07. The number of carbonyl (C=O) groups excluding carboxylic acids is 1. The summed E-state index contributed by atoms with van der Waals surface area (Å²) in [6.45, 7) is 1.95. The van der Waals surface area contributed by atoms with E-state index in [-0.39, 0.29) is 6.03 Å². The van der Waals surface area contributed by atoms with E-state index in [1.165, 1.54) is 0 Å². The molecule has 104 valence electrons. The lowest BCUT2D eigenvalue weighted by Gasteiger charge is -2.11. The molecule has 0 atom stereocenters. The molecule has 0 fully saturated rings. The van der Waals surface area contributed by atoms with E-state index in [1.54, 1.807) is 6.20 Å². The third-order valence-corrected chi connectivity index (χ3v) is 3.27. The first kappa shape index (κ1) is 13.1. The van der Waals surface area contributed by atoms with Crippen molar-refractivity contribution in [1.82, 2.24) is 4.98 Å². The zero-order chi connectivity index (χ0) is 14.7. The topological polar surface area (TPSA) is 54.0 Å². The summed E-state index contributed by atoms with van der Waals surface area (Å²) < 4.78 is 0. The number of para-hydroxylation sites is 2. The fourth-order valence-corrected chi connectivity index (χ4v) is 2.19. The minimum Gasteiger partial charge on any atom is -0.307 e. The fraction of sp³-hybridized carbons (Fsp3) is 0.0588. The summed E-state index contributed by atoms with van der Waals surface area (Å²) in [7, 11) is 0. The molecule has 3 aromatic rings. The number of rotatable bonds is 2. The first-order valence-corrected chi connectivity index (χ1v) is 6.71. The molecule has 4 nitrogen and oxygen atoms in total. The van der Waals surface area contributed by atoms with Crippen LogP contribution in [0.3, 0.4) is 0 Å². The monoisotopic (exact) mass is 277 g/mol. The van der Waals surface area contributed by atoms with Crippen LogP contribution >= 0.6 is 0 Å². The van der Waals surface area contributed by atoms with Crippen LogP contribution in [0.4, 0.5) is 16.2 Å². The van der Waals surface area contributed by atoms with Crippen molar-refractivity contribution >= 4 is 28.3 Å². The van der Waals surface area contributed by atoms with Crippen LogP contribution < -0.4 is 10.6 Å². The number of benzene rings is 2. The highest BCUT2D eigenvalue weighted by atomic mass is 16.2. The number of anilines is 2. The molecule has 2 N–H and O–H groups in total. The van der Waals surface area contributed by atoms with E-state index in [4.69, 9.17) is 0 Å². The van der Waals surface area contributed by atoms with E-state index in [1.807, 2.05) is 61.5 Å². The van der Waals surface area contributed by atoms with Gasteiger partial charge in [0.05, 0.1) is 11.2 Å². The minimum atomic E-state index is -0.276. The van der Waals surface area contributed by atoms with Gasteiger partial charge in [0, 0.05) is 17.3 Å². The number of aromatic nitrogens is 1. The molecule has 0 aliphatic carbocycles. The Morgan fingerprint density at radius 3 is 2.48 bits per heavy atom. The van der Waals surface area contributed by atoms with E-state index in [0.29, 0.717) is 5.69 Å². The molecule has 0 saturated carbocycles. The summed E-state index contributed by atoms with van der Waals surface area (Å²) in [5.41, 5.74) is 3.28. The Bertz CT molecular complexity index is 793. The van der Waals surface area contributed by atoms with Crippen molar-refractivity contribution in [3.63, 3.8) is 0 Å². The second-order valence-corrected chi connectivity index (χ2v) is 4.77. The second kappa shape index (κ2) is 5.63. The van der Waals surface area contributed by atoms with Crippen LogP contribution in [0.25, 0.3) is 10.9 Å². The van der Waals surface area contributed by atoms with Crippen molar-refractivity contribution in [3.05, 3.63) is 66.4 Å². The van der Waals surface area contributed by atoms with Crippen LogP contribution in [0.2, 0.25) is 0 Å². The fourth-order valence-electron chi connectivity index (χ4n) is 2.19. The second-order valence-electron chi connectivity index (χ2n) is 4.77. The zero-order valence-corrected chi connectivity index (χ0v) is 11.6. The molecule has 0 saturated heterocycles. The Labute approximate surface area is 122 Å². The third-order valence-electron chi connectivity index (χ3n) is 3.27. The molecule has 2 aromatic carbocycles. The first-order chi connectivity index (χ1) is 10.2. The predicted octanol–water partition coefficient (Wildman–Crippen LogP) is 4.19. The smallest absolute Gasteiger partial charge is 0.307 e. The van der Waals surface area contributed by atoms with Crippen molar-refractivity contribution in [3.8, 4) is 0 Å². The van der Waals surface area contributed by atoms with Gasteiger partial charge in [-0.05, 0) is 30.7 Å². The predicted molar refractivity (Wildman–Crippen MR) is 85.6 cm³/mol. The molecule has 0 radical (unpaired) electrons. The number of hydrogen-bond donors (Lipinski definition) is 2. The number of amides is 2. The Morgan fingerprint density at radius 1 is 0.905 bits per heavy atom. The number of hydrogen-bond acceptors (Lipinski definition) is 2. The van der Waals surface area contributed by atoms with Crippen LogP contribution in [-0.4, -0.2) is 11.0 Å². The van der Waals surface area contributed by atoms with Gasteiger partial charge < -0.3 is 10.6 Å². The van der Waals surface area contributed by atoms with Crippen molar-refractivity contribution in [2.75, 3.05) is 10.6 Å². The van der Waals surface area contributed by atoms with E-state index >= 15 is 0 Å². The van der Waals surface area contributed by atoms with Gasteiger partial charge in [-0.15, -0.1) is 0 Å². The normalized spacial score (nSPS) is 10.3. The lowest BCUT2D eigenvalue weighted by Crippen LogP contribution is -2.20. The Kier molecular flexibility index (Phi) is 3.51. The molecule has 2 amide bonds. The first-order valence-electron chi connectivity index (χ1n) is 6.71. The van der Waals surface area contributed by atoms with Gasteiger partial charge in [0.15, 0.2) is 0 Å². The van der Waals surface area contributed by atoms with E-state index in [2.05, 4.69) is 15.6 Å². The SMILES string of the molecule is Cc1ccccc1NC(=O)Nc1cccc2cccnc12. The minimum absolute atomic E-state index is 0.276. The van der Waals surface area contributed by atoms with Crippen LogP contribution in [0, 0.1) is 6.92 Å². The molecular weight excluding hydrogens is 262 g/mol. The van der Waals surface area contributed by atoms with Gasteiger partial charge in [-0.1, -0.05) is 36.4 Å². The van der Waals surface area contributed by atoms with Crippen molar-refractivity contribution in [2.45, 2.75) is 6.92 Å². The summed E-state index contributed by atoms with van der Waals surface area (Å²) in [6.07, 6.45) is 1.72. The van der Waals surface area contributed by atoms with Crippen molar-refractivity contribution in [1.29, 1.82) is 0 Å². The third kappa shape index (κ3) is 2.84. The molecule has 3 rings (SSSR count). The highest BCUT2D eigenvalue weighted by molar-refractivity contribution is 6.05. The van der Waals surface area contributed by atoms with Crippen LogP contribution in [0.1, 0.15) is 5.56 Å². The summed E-state index contributed by atoms with van der Waals surface area (Å²) in [4.78, 5) is 16.4. The molecule has 0 spiro atoms. The Balaban J connectivity index is 1.82. The van der Waals surface area contributed by atoms with Crippen molar-refractivity contribution < 1.29 is 4.79 Å². The van der Waals surface area contributed by atoms with Crippen LogP contribution in [0.15, 0.2) is 60.8 Å².